The summed E-state index contributed by atoms with van der Waals surface area (Å²) in [6.07, 6.45) is 0.314. The van der Waals surface area contributed by atoms with Gasteiger partial charge in [0.1, 0.15) is 5.75 Å². The molecule has 0 aliphatic carbocycles. The largest absolute Gasteiger partial charge is 0.493 e. The Morgan fingerprint density at radius 3 is 2.41 bits per heavy atom. The summed E-state index contributed by atoms with van der Waals surface area (Å²) in [5.41, 5.74) is 2.42. The second kappa shape index (κ2) is 11.2. The molecule has 29 heavy (non-hydrogen) atoms. The van der Waals surface area contributed by atoms with Crippen LogP contribution in [-0.2, 0) is 17.9 Å². The van der Waals surface area contributed by atoms with Crippen LogP contribution in [0.15, 0.2) is 48.5 Å². The molecule has 156 valence electrons. The van der Waals surface area contributed by atoms with Gasteiger partial charge in [-0.1, -0.05) is 48.9 Å². The molecule has 0 bridgehead atoms. The lowest BCUT2D eigenvalue weighted by Crippen LogP contribution is -2.45. The van der Waals surface area contributed by atoms with Gasteiger partial charge in [-0.3, -0.25) is 9.69 Å². The molecular weight excluding hydrogens is 386 g/mol. The molecule has 1 amide bonds. The van der Waals surface area contributed by atoms with Gasteiger partial charge in [0.15, 0.2) is 0 Å². The fourth-order valence-corrected chi connectivity index (χ4v) is 3.57. The van der Waals surface area contributed by atoms with Crippen molar-refractivity contribution in [2.45, 2.75) is 26.4 Å². The molecule has 0 aromatic heterocycles. The third-order valence-corrected chi connectivity index (χ3v) is 5.46. The van der Waals surface area contributed by atoms with Crippen LogP contribution in [-0.4, -0.2) is 55.0 Å². The fraction of sp³-hybridized carbons (Fsp3) is 0.435. The van der Waals surface area contributed by atoms with Crippen molar-refractivity contribution >= 4 is 17.5 Å². The molecule has 0 spiro atoms. The molecule has 3 rings (SSSR count). The first-order valence-electron chi connectivity index (χ1n) is 10.3. The van der Waals surface area contributed by atoms with E-state index in [4.69, 9.17) is 16.3 Å². The van der Waals surface area contributed by atoms with E-state index in [9.17, 15) is 4.79 Å². The molecule has 2 aromatic rings. The maximum atomic E-state index is 12.0. The van der Waals surface area contributed by atoms with Crippen LogP contribution in [0, 0.1) is 0 Å². The van der Waals surface area contributed by atoms with Crippen molar-refractivity contribution in [1.29, 1.82) is 0 Å². The Hall–Kier alpha value is -2.08. The highest BCUT2D eigenvalue weighted by atomic mass is 35.5. The number of halogens is 1. The van der Waals surface area contributed by atoms with Crippen LogP contribution in [0.4, 0.5) is 0 Å². The van der Waals surface area contributed by atoms with E-state index in [0.717, 1.165) is 44.8 Å². The highest BCUT2D eigenvalue weighted by Crippen LogP contribution is 2.17. The molecule has 1 saturated heterocycles. The number of carbonyl (C=O) groups excluding carboxylic acids is 1. The average Bonchev–Trinajstić information content (AvgIpc) is 2.74. The molecule has 0 unspecified atom stereocenters. The van der Waals surface area contributed by atoms with Crippen molar-refractivity contribution in [3.63, 3.8) is 0 Å². The van der Waals surface area contributed by atoms with Gasteiger partial charge in [-0.05, 0) is 35.9 Å². The Morgan fingerprint density at radius 2 is 1.72 bits per heavy atom. The van der Waals surface area contributed by atoms with Crippen molar-refractivity contribution < 1.29 is 9.53 Å². The molecule has 1 N–H and O–H groups in total. The molecule has 1 aliphatic heterocycles. The summed E-state index contributed by atoms with van der Waals surface area (Å²) in [7, 11) is 0. The fourth-order valence-electron chi connectivity index (χ4n) is 3.39. The van der Waals surface area contributed by atoms with E-state index < -0.39 is 0 Å². The summed E-state index contributed by atoms with van der Waals surface area (Å²) in [5, 5.41) is 3.57. The molecular formula is C23H30ClN3O2. The number of likely N-dealkylation sites (N-methyl/N-ethyl adjacent to an activating group) is 1. The van der Waals surface area contributed by atoms with E-state index in [-0.39, 0.29) is 5.91 Å². The molecule has 6 heteroatoms. The van der Waals surface area contributed by atoms with Gasteiger partial charge in [-0.25, -0.2) is 0 Å². The summed E-state index contributed by atoms with van der Waals surface area (Å²) < 4.78 is 5.56. The number of hydrogen-bond acceptors (Lipinski definition) is 4. The molecule has 2 aromatic carbocycles. The number of amides is 1. The van der Waals surface area contributed by atoms with Gasteiger partial charge in [-0.15, -0.1) is 0 Å². The second-order valence-corrected chi connectivity index (χ2v) is 7.80. The Bertz CT molecular complexity index is 774. The first-order chi connectivity index (χ1) is 14.1. The zero-order chi connectivity index (χ0) is 20.5. The van der Waals surface area contributed by atoms with Crippen LogP contribution in [0.5, 0.6) is 5.75 Å². The predicted molar refractivity (Wildman–Crippen MR) is 117 cm³/mol. The molecule has 0 atom stereocenters. The first-order valence-corrected chi connectivity index (χ1v) is 10.7. The maximum absolute atomic E-state index is 12.0. The van der Waals surface area contributed by atoms with Gasteiger partial charge in [0.25, 0.3) is 0 Å². The third-order valence-electron chi connectivity index (χ3n) is 5.22. The van der Waals surface area contributed by atoms with Crippen molar-refractivity contribution in [1.82, 2.24) is 15.1 Å². The molecule has 1 fully saturated rings. The monoisotopic (exact) mass is 415 g/mol. The van der Waals surface area contributed by atoms with Gasteiger partial charge >= 0.3 is 0 Å². The van der Waals surface area contributed by atoms with Gasteiger partial charge < -0.3 is 15.0 Å². The SMILES string of the molecule is CCN1CCN(Cc2ccc(CNC(=O)CCOc3cccc(Cl)c3)cc2)CC1. The Morgan fingerprint density at radius 1 is 1.03 bits per heavy atom. The van der Waals surface area contributed by atoms with Crippen LogP contribution in [0.2, 0.25) is 5.02 Å². The van der Waals surface area contributed by atoms with Crippen molar-refractivity contribution in [2.24, 2.45) is 0 Å². The van der Waals surface area contributed by atoms with E-state index in [1.807, 2.05) is 12.1 Å². The number of ether oxygens (including phenoxy) is 1. The maximum Gasteiger partial charge on any atom is 0.223 e. The Kier molecular flexibility index (Phi) is 8.35. The zero-order valence-corrected chi connectivity index (χ0v) is 17.8. The lowest BCUT2D eigenvalue weighted by atomic mass is 10.1. The number of nitrogens with zero attached hydrogens (tertiary/aromatic N) is 2. The average molecular weight is 416 g/mol. The van der Waals surface area contributed by atoms with Gasteiger partial charge in [0.05, 0.1) is 13.0 Å². The number of benzene rings is 2. The molecule has 5 nitrogen and oxygen atoms in total. The lowest BCUT2D eigenvalue weighted by Gasteiger charge is -2.34. The van der Waals surface area contributed by atoms with Crippen molar-refractivity contribution in [2.75, 3.05) is 39.3 Å². The van der Waals surface area contributed by atoms with Gasteiger partial charge in [0.2, 0.25) is 5.91 Å². The normalized spacial score (nSPS) is 15.2. The number of piperazine rings is 1. The number of rotatable bonds is 9. The highest BCUT2D eigenvalue weighted by molar-refractivity contribution is 6.30. The van der Waals surface area contributed by atoms with E-state index in [2.05, 4.69) is 46.3 Å². The van der Waals surface area contributed by atoms with Crippen LogP contribution in [0.25, 0.3) is 0 Å². The summed E-state index contributed by atoms with van der Waals surface area (Å²) >= 11 is 5.92. The third kappa shape index (κ3) is 7.35. The summed E-state index contributed by atoms with van der Waals surface area (Å²) in [5.74, 6) is 0.655. The quantitative estimate of drug-likeness (QED) is 0.680. The smallest absolute Gasteiger partial charge is 0.223 e. The summed E-state index contributed by atoms with van der Waals surface area (Å²) in [6.45, 7) is 9.78. The number of nitrogens with one attached hydrogen (secondary N) is 1. The summed E-state index contributed by atoms with van der Waals surface area (Å²) in [6, 6.07) is 15.7. The van der Waals surface area contributed by atoms with Gasteiger partial charge in [0, 0.05) is 44.3 Å². The van der Waals surface area contributed by atoms with Gasteiger partial charge in [-0.2, -0.15) is 0 Å². The van der Waals surface area contributed by atoms with E-state index >= 15 is 0 Å². The molecule has 1 aliphatic rings. The minimum absolute atomic E-state index is 0.0232. The predicted octanol–water partition coefficient (Wildman–Crippen LogP) is 3.56. The van der Waals surface area contributed by atoms with Crippen LogP contribution >= 0.6 is 11.6 Å². The highest BCUT2D eigenvalue weighted by Gasteiger charge is 2.15. The van der Waals surface area contributed by atoms with E-state index in [0.29, 0.717) is 30.3 Å². The standard InChI is InChI=1S/C23H30ClN3O2/c1-2-26-11-13-27(14-12-26)18-20-8-6-19(7-9-20)17-25-23(28)10-15-29-22-5-3-4-21(24)16-22/h3-9,16H,2,10-15,17-18H2,1H3,(H,25,28). The van der Waals surface area contributed by atoms with E-state index in [1.165, 1.54) is 5.56 Å². The Labute approximate surface area is 178 Å². The van der Waals surface area contributed by atoms with Crippen molar-refractivity contribution in [3.8, 4) is 5.75 Å². The van der Waals surface area contributed by atoms with Crippen LogP contribution in [0.3, 0.4) is 0 Å². The molecule has 1 heterocycles. The summed E-state index contributed by atoms with van der Waals surface area (Å²) in [4.78, 5) is 17.0. The van der Waals surface area contributed by atoms with Crippen LogP contribution in [0.1, 0.15) is 24.5 Å². The van der Waals surface area contributed by atoms with E-state index in [1.54, 1.807) is 12.1 Å². The molecule has 0 saturated carbocycles. The Balaban J connectivity index is 1.34. The second-order valence-electron chi connectivity index (χ2n) is 7.36. The van der Waals surface area contributed by atoms with Crippen molar-refractivity contribution in [3.05, 3.63) is 64.7 Å². The minimum Gasteiger partial charge on any atom is -0.493 e. The van der Waals surface area contributed by atoms with Crippen LogP contribution < -0.4 is 10.1 Å². The first kappa shape index (κ1) is 21.6. The number of carbonyl (C=O) groups is 1. The number of hydrogen-bond donors (Lipinski definition) is 1. The lowest BCUT2D eigenvalue weighted by molar-refractivity contribution is -0.121. The molecule has 0 radical (unpaired) electrons. The minimum atomic E-state index is -0.0232. The zero-order valence-electron chi connectivity index (χ0n) is 17.1. The topological polar surface area (TPSA) is 44.8 Å².